The van der Waals surface area contributed by atoms with Crippen LogP contribution in [-0.2, 0) is 6.42 Å². The van der Waals surface area contributed by atoms with Gasteiger partial charge < -0.3 is 15.3 Å². The molecule has 5 nitrogen and oxygen atoms in total. The van der Waals surface area contributed by atoms with Crippen LogP contribution in [0.4, 0.5) is 5.69 Å². The molecule has 8 heteroatoms. The van der Waals surface area contributed by atoms with E-state index in [1.807, 2.05) is 24.5 Å². The van der Waals surface area contributed by atoms with E-state index in [0.29, 0.717) is 22.0 Å². The molecule has 2 atom stereocenters. The second-order valence-corrected chi connectivity index (χ2v) is 8.37. The average Bonchev–Trinajstić information content (AvgIpc) is 3.24. The van der Waals surface area contributed by atoms with E-state index in [1.165, 1.54) is 18.9 Å². The maximum atomic E-state index is 12.8. The number of fused-ring (bicyclic) bond motifs is 1. The van der Waals surface area contributed by atoms with Crippen LogP contribution in [0.15, 0.2) is 41.4 Å². The zero-order chi connectivity index (χ0) is 20.4. The van der Waals surface area contributed by atoms with Gasteiger partial charge in [0, 0.05) is 62.7 Å². The fourth-order valence-electron chi connectivity index (χ4n) is 3.90. The number of nitrogens with one attached hydrogen (secondary N) is 1. The number of halogens is 2. The molecule has 0 saturated carbocycles. The van der Waals surface area contributed by atoms with Crippen molar-refractivity contribution >= 4 is 41.1 Å². The molecular formula is C22H23AcCl2N3O2. The van der Waals surface area contributed by atoms with E-state index < -0.39 is 12.1 Å². The summed E-state index contributed by atoms with van der Waals surface area (Å²) in [6.07, 6.45) is 4.99. The summed E-state index contributed by atoms with van der Waals surface area (Å²) in [6.45, 7) is 2.07. The van der Waals surface area contributed by atoms with E-state index in [-0.39, 0.29) is 50.0 Å². The molecule has 2 aliphatic rings. The van der Waals surface area contributed by atoms with Gasteiger partial charge in [-0.3, -0.25) is 4.79 Å². The van der Waals surface area contributed by atoms with Gasteiger partial charge in [-0.15, -0.1) is 0 Å². The summed E-state index contributed by atoms with van der Waals surface area (Å²) in [5.74, 6) is -0.300. The molecule has 2 N–H and O–H groups in total. The third kappa shape index (κ3) is 5.58. The normalized spacial score (nSPS) is 20.7. The zero-order valence-corrected chi connectivity index (χ0v) is 22.8. The second-order valence-electron chi connectivity index (χ2n) is 7.56. The van der Waals surface area contributed by atoms with Crippen LogP contribution >= 0.6 is 23.2 Å². The van der Waals surface area contributed by atoms with Crippen LogP contribution < -0.4 is 5.32 Å². The summed E-state index contributed by atoms with van der Waals surface area (Å²) in [4.78, 5) is 19.6. The summed E-state index contributed by atoms with van der Waals surface area (Å²) in [6, 6.07) is 10.2. The Morgan fingerprint density at radius 2 is 1.90 bits per heavy atom. The molecule has 0 aromatic heterocycles. The van der Waals surface area contributed by atoms with Crippen molar-refractivity contribution in [2.75, 3.05) is 13.1 Å². The zero-order valence-electron chi connectivity index (χ0n) is 16.5. The molecule has 0 bridgehead atoms. The second kappa shape index (κ2) is 10.8. The molecule has 30 heavy (non-hydrogen) atoms. The van der Waals surface area contributed by atoms with Gasteiger partial charge in [0.2, 0.25) is 0 Å². The number of carbonyl (C=O) groups excluding carboxylic acids is 1. The Morgan fingerprint density at radius 3 is 2.63 bits per heavy atom. The van der Waals surface area contributed by atoms with Crippen molar-refractivity contribution in [3.8, 4) is 0 Å². The van der Waals surface area contributed by atoms with Crippen molar-refractivity contribution in [3.63, 3.8) is 0 Å². The van der Waals surface area contributed by atoms with Gasteiger partial charge in [-0.25, -0.2) is 4.99 Å². The minimum Gasteiger partial charge on any atom is -0.391 e. The number of hydrogen-bond acceptors (Lipinski definition) is 3. The van der Waals surface area contributed by atoms with Crippen LogP contribution in [0.5, 0.6) is 0 Å². The molecule has 1 aliphatic carbocycles. The SMILES string of the molecule is O=C(NC1c2cc(N=CN3CCCC3)ccc2CCC1O)c1ccc(Cl)c(Cl)c1.[Ac]. The number of aryl methyl sites for hydroxylation is 1. The largest absolute Gasteiger partial charge is 0.391 e. The minimum absolute atomic E-state index is 0. The van der Waals surface area contributed by atoms with Crippen molar-refractivity contribution in [3.05, 3.63) is 63.1 Å². The maximum Gasteiger partial charge on any atom is 0.251 e. The molecule has 1 heterocycles. The molecule has 1 fully saturated rings. The molecule has 4 rings (SSSR count). The number of nitrogens with zero attached hydrogens (tertiary/aromatic N) is 2. The van der Waals surface area contributed by atoms with Gasteiger partial charge in [0.05, 0.1) is 34.2 Å². The van der Waals surface area contributed by atoms with Crippen LogP contribution in [0, 0.1) is 44.1 Å². The standard InChI is InChI=1S/C22H23Cl2N3O2.Ac/c23-18-7-4-15(11-19(18)24)22(29)26-21-17-12-16(25-13-27-9-1-2-10-27)6-3-14(17)5-8-20(21)28;/h3-4,6-7,11-13,20-21,28H,1-2,5,8-10H2,(H,26,29);. The fourth-order valence-corrected chi connectivity index (χ4v) is 4.20. The molecule has 1 amide bonds. The number of aliphatic hydroxyl groups is 1. The van der Waals surface area contributed by atoms with Gasteiger partial charge >= 0.3 is 0 Å². The number of rotatable bonds is 4. The first-order valence-electron chi connectivity index (χ1n) is 9.86. The summed E-state index contributed by atoms with van der Waals surface area (Å²) >= 11 is 12.0. The number of likely N-dealkylation sites (tertiary alicyclic amines) is 1. The van der Waals surface area contributed by atoms with Crippen molar-refractivity contribution in [2.45, 2.75) is 37.8 Å². The molecule has 2 unspecified atom stereocenters. The maximum absolute atomic E-state index is 12.8. The summed E-state index contributed by atoms with van der Waals surface area (Å²) in [5, 5.41) is 14.3. The molecule has 1 saturated heterocycles. The predicted molar refractivity (Wildman–Crippen MR) is 116 cm³/mol. The van der Waals surface area contributed by atoms with Gasteiger partial charge in [0.25, 0.3) is 5.91 Å². The number of aliphatic imine (C=N–C) groups is 1. The van der Waals surface area contributed by atoms with Crippen molar-refractivity contribution < 1.29 is 54.0 Å². The third-order valence-corrected chi connectivity index (χ3v) is 6.28. The van der Waals surface area contributed by atoms with Crippen molar-refractivity contribution in [1.29, 1.82) is 0 Å². The van der Waals surface area contributed by atoms with Gasteiger partial charge in [0.1, 0.15) is 0 Å². The molecule has 1 radical (unpaired) electrons. The first-order valence-corrected chi connectivity index (χ1v) is 10.6. The Hall–Kier alpha value is -0.638. The Balaban J connectivity index is 0.00000256. The summed E-state index contributed by atoms with van der Waals surface area (Å²) in [7, 11) is 0. The van der Waals surface area contributed by atoms with Crippen molar-refractivity contribution in [2.24, 2.45) is 4.99 Å². The molecule has 0 spiro atoms. The Labute approximate surface area is 222 Å². The Morgan fingerprint density at radius 1 is 1.13 bits per heavy atom. The third-order valence-electron chi connectivity index (χ3n) is 5.54. The quantitative estimate of drug-likeness (QED) is 0.375. The van der Waals surface area contributed by atoms with Crippen LogP contribution in [0.2, 0.25) is 10.0 Å². The average molecular weight is 659 g/mol. The van der Waals surface area contributed by atoms with Gasteiger partial charge in [-0.2, -0.15) is 0 Å². The monoisotopic (exact) mass is 658 g/mol. The van der Waals surface area contributed by atoms with Crippen LogP contribution in [-0.4, -0.2) is 41.4 Å². The first kappa shape index (κ1) is 24.0. The van der Waals surface area contributed by atoms with E-state index in [0.717, 1.165) is 36.3 Å². The van der Waals surface area contributed by atoms with Crippen LogP contribution in [0.25, 0.3) is 0 Å². The minimum atomic E-state index is -0.660. The number of amides is 1. The summed E-state index contributed by atoms with van der Waals surface area (Å²) < 4.78 is 0. The number of carbonyl (C=O) groups is 1. The van der Waals surface area contributed by atoms with E-state index in [9.17, 15) is 9.90 Å². The molecule has 155 valence electrons. The topological polar surface area (TPSA) is 64.9 Å². The number of benzene rings is 2. The Bertz CT molecular complexity index is 948. The summed E-state index contributed by atoms with van der Waals surface area (Å²) in [5.41, 5.74) is 3.25. The van der Waals surface area contributed by atoms with E-state index in [2.05, 4.69) is 15.2 Å². The van der Waals surface area contributed by atoms with E-state index >= 15 is 0 Å². The first-order chi connectivity index (χ1) is 14.0. The van der Waals surface area contributed by atoms with Gasteiger partial charge in [-0.1, -0.05) is 29.3 Å². The van der Waals surface area contributed by atoms with E-state index in [1.54, 1.807) is 12.1 Å². The molecule has 2 aromatic carbocycles. The molecular weight excluding hydrogens is 636 g/mol. The Kier molecular flexibility index (Phi) is 8.64. The molecule has 2 aromatic rings. The van der Waals surface area contributed by atoms with Gasteiger partial charge in [-0.05, 0) is 67.1 Å². The van der Waals surface area contributed by atoms with Crippen molar-refractivity contribution in [1.82, 2.24) is 10.2 Å². The number of aliphatic hydroxyl groups excluding tert-OH is 1. The predicted octanol–water partition coefficient (Wildman–Crippen LogP) is 4.53. The fraction of sp³-hybridized carbons (Fsp3) is 0.364. The molecule has 1 aliphatic heterocycles. The number of hydrogen-bond donors (Lipinski definition) is 2. The van der Waals surface area contributed by atoms with Crippen LogP contribution in [0.3, 0.4) is 0 Å². The smallest absolute Gasteiger partial charge is 0.251 e. The van der Waals surface area contributed by atoms with Gasteiger partial charge in [0.15, 0.2) is 0 Å². The van der Waals surface area contributed by atoms with E-state index in [4.69, 9.17) is 23.2 Å². The van der Waals surface area contributed by atoms with Crippen LogP contribution in [0.1, 0.15) is 46.8 Å².